The number of aryl methyl sites for hydroxylation is 1. The van der Waals surface area contributed by atoms with E-state index in [1.165, 1.54) is 30.1 Å². The number of nitrogens with zero attached hydrogens (tertiary/aromatic N) is 2. The van der Waals surface area contributed by atoms with Crippen LogP contribution in [0, 0.1) is 6.92 Å². The Morgan fingerprint density at radius 3 is 2.78 bits per heavy atom. The number of halogens is 1. The van der Waals surface area contributed by atoms with Gasteiger partial charge in [-0.1, -0.05) is 23.7 Å². The number of hydrogen-bond donors (Lipinski definition) is 1. The van der Waals surface area contributed by atoms with Crippen LogP contribution < -0.4 is 10.9 Å². The van der Waals surface area contributed by atoms with Crippen LogP contribution in [0.2, 0.25) is 5.02 Å². The first-order valence-electron chi connectivity index (χ1n) is 8.03. The highest BCUT2D eigenvalue weighted by molar-refractivity contribution is 6.33. The Labute approximate surface area is 159 Å². The molecule has 0 fully saturated rings. The van der Waals surface area contributed by atoms with Crippen molar-refractivity contribution in [3.8, 4) is 0 Å². The molecule has 0 aliphatic carbocycles. The van der Waals surface area contributed by atoms with Gasteiger partial charge in [-0.05, 0) is 36.8 Å². The molecule has 1 aromatic heterocycles. The number of aromatic nitrogens is 2. The van der Waals surface area contributed by atoms with E-state index in [4.69, 9.17) is 11.6 Å². The van der Waals surface area contributed by atoms with Crippen LogP contribution in [0.3, 0.4) is 0 Å². The van der Waals surface area contributed by atoms with E-state index in [1.807, 2.05) is 13.0 Å². The maximum Gasteiger partial charge on any atom is 0.339 e. The highest BCUT2D eigenvalue weighted by atomic mass is 35.5. The molecule has 138 valence electrons. The van der Waals surface area contributed by atoms with Crippen molar-refractivity contribution in [3.05, 3.63) is 69.2 Å². The second kappa shape index (κ2) is 7.59. The van der Waals surface area contributed by atoms with Crippen molar-refractivity contribution in [2.24, 2.45) is 0 Å². The van der Waals surface area contributed by atoms with E-state index in [-0.39, 0.29) is 22.7 Å². The molecule has 3 aromatic rings. The Bertz CT molecular complexity index is 1110. The van der Waals surface area contributed by atoms with Gasteiger partial charge in [-0.15, -0.1) is 0 Å². The smallest absolute Gasteiger partial charge is 0.339 e. The second-order valence-corrected chi connectivity index (χ2v) is 6.29. The summed E-state index contributed by atoms with van der Waals surface area (Å²) in [5, 5.41) is 3.29. The standard InChI is InChI=1S/C19H16ClN3O4/c1-11-4-3-5-13-17(11)21-10-23(18(13)25)9-16(24)22-12-6-7-15(20)14(8-12)19(26)27-2/h3-8,10H,9H2,1-2H3,(H,22,24). The molecule has 3 rings (SSSR count). The third kappa shape index (κ3) is 3.83. The number of carbonyl (C=O) groups is 2. The molecule has 1 amide bonds. The summed E-state index contributed by atoms with van der Waals surface area (Å²) in [6.45, 7) is 1.65. The predicted octanol–water partition coefficient (Wildman–Crippen LogP) is 2.78. The molecular formula is C19H16ClN3O4. The first kappa shape index (κ1) is 18.6. The Hall–Kier alpha value is -3.19. The Balaban J connectivity index is 1.83. The van der Waals surface area contributed by atoms with E-state index >= 15 is 0 Å². The fraction of sp³-hybridized carbons (Fsp3) is 0.158. The van der Waals surface area contributed by atoms with Gasteiger partial charge in [0.1, 0.15) is 6.54 Å². The van der Waals surface area contributed by atoms with Crippen molar-refractivity contribution in [1.29, 1.82) is 0 Å². The maximum absolute atomic E-state index is 12.6. The van der Waals surface area contributed by atoms with Gasteiger partial charge in [-0.3, -0.25) is 14.2 Å². The Kier molecular flexibility index (Phi) is 5.23. The molecule has 27 heavy (non-hydrogen) atoms. The van der Waals surface area contributed by atoms with Gasteiger partial charge in [-0.2, -0.15) is 0 Å². The minimum Gasteiger partial charge on any atom is -0.465 e. The molecule has 0 aliphatic heterocycles. The molecule has 1 heterocycles. The topological polar surface area (TPSA) is 90.3 Å². The average Bonchev–Trinajstić information content (AvgIpc) is 2.65. The van der Waals surface area contributed by atoms with Gasteiger partial charge in [0.15, 0.2) is 0 Å². The van der Waals surface area contributed by atoms with E-state index < -0.39 is 11.9 Å². The fourth-order valence-electron chi connectivity index (χ4n) is 2.67. The van der Waals surface area contributed by atoms with Crippen molar-refractivity contribution < 1.29 is 14.3 Å². The summed E-state index contributed by atoms with van der Waals surface area (Å²) in [6, 6.07) is 9.76. The Morgan fingerprint density at radius 2 is 2.04 bits per heavy atom. The van der Waals surface area contributed by atoms with Gasteiger partial charge in [0.05, 0.1) is 34.9 Å². The molecule has 0 spiro atoms. The van der Waals surface area contributed by atoms with E-state index in [0.29, 0.717) is 16.6 Å². The van der Waals surface area contributed by atoms with Crippen LogP contribution in [0.15, 0.2) is 47.5 Å². The average molecular weight is 386 g/mol. The number of esters is 1. The number of para-hydroxylation sites is 1. The summed E-state index contributed by atoms with van der Waals surface area (Å²) in [4.78, 5) is 40.8. The molecule has 2 aromatic carbocycles. The number of nitrogens with one attached hydrogen (secondary N) is 1. The van der Waals surface area contributed by atoms with Crippen molar-refractivity contribution in [2.75, 3.05) is 12.4 Å². The number of hydrogen-bond acceptors (Lipinski definition) is 5. The quantitative estimate of drug-likeness (QED) is 0.697. The number of ether oxygens (including phenoxy) is 1. The lowest BCUT2D eigenvalue weighted by molar-refractivity contribution is -0.116. The summed E-state index contributed by atoms with van der Waals surface area (Å²) < 4.78 is 5.88. The van der Waals surface area contributed by atoms with Crippen LogP contribution in [-0.2, 0) is 16.1 Å². The first-order valence-corrected chi connectivity index (χ1v) is 8.41. The minimum atomic E-state index is -0.610. The van der Waals surface area contributed by atoms with Crippen LogP contribution in [0.1, 0.15) is 15.9 Å². The zero-order valence-electron chi connectivity index (χ0n) is 14.7. The molecule has 0 saturated carbocycles. The maximum atomic E-state index is 12.6. The Morgan fingerprint density at radius 1 is 1.26 bits per heavy atom. The van der Waals surface area contributed by atoms with Crippen molar-refractivity contribution in [1.82, 2.24) is 9.55 Å². The van der Waals surface area contributed by atoms with Crippen LogP contribution in [-0.4, -0.2) is 28.5 Å². The van der Waals surface area contributed by atoms with E-state index in [9.17, 15) is 14.4 Å². The lowest BCUT2D eigenvalue weighted by atomic mass is 10.1. The molecule has 0 saturated heterocycles. The lowest BCUT2D eigenvalue weighted by Crippen LogP contribution is -2.28. The van der Waals surface area contributed by atoms with Crippen molar-refractivity contribution >= 4 is 40.1 Å². The zero-order chi connectivity index (χ0) is 19.6. The van der Waals surface area contributed by atoms with Gasteiger partial charge in [0, 0.05) is 5.69 Å². The third-order valence-corrected chi connectivity index (χ3v) is 4.35. The van der Waals surface area contributed by atoms with Gasteiger partial charge in [0.25, 0.3) is 5.56 Å². The third-order valence-electron chi connectivity index (χ3n) is 4.02. The largest absolute Gasteiger partial charge is 0.465 e. The van der Waals surface area contributed by atoms with Crippen LogP contribution in [0.5, 0.6) is 0 Å². The van der Waals surface area contributed by atoms with Crippen molar-refractivity contribution in [2.45, 2.75) is 13.5 Å². The molecule has 8 heteroatoms. The number of carbonyl (C=O) groups excluding carboxylic acids is 2. The molecular weight excluding hydrogens is 370 g/mol. The molecule has 7 nitrogen and oxygen atoms in total. The SMILES string of the molecule is COC(=O)c1cc(NC(=O)Cn2cnc3c(C)cccc3c2=O)ccc1Cl. The van der Waals surface area contributed by atoms with Gasteiger partial charge < -0.3 is 10.1 Å². The number of amides is 1. The fourth-order valence-corrected chi connectivity index (χ4v) is 2.87. The zero-order valence-corrected chi connectivity index (χ0v) is 15.4. The number of methoxy groups -OCH3 is 1. The summed E-state index contributed by atoms with van der Waals surface area (Å²) in [7, 11) is 1.24. The number of fused-ring (bicyclic) bond motifs is 1. The predicted molar refractivity (Wildman–Crippen MR) is 102 cm³/mol. The highest BCUT2D eigenvalue weighted by Crippen LogP contribution is 2.21. The number of rotatable bonds is 4. The van der Waals surface area contributed by atoms with E-state index in [1.54, 1.807) is 18.2 Å². The normalized spacial score (nSPS) is 10.6. The van der Waals surface area contributed by atoms with Gasteiger partial charge in [0.2, 0.25) is 5.91 Å². The first-order chi connectivity index (χ1) is 12.9. The molecule has 0 radical (unpaired) electrons. The second-order valence-electron chi connectivity index (χ2n) is 5.88. The number of benzene rings is 2. The minimum absolute atomic E-state index is 0.136. The van der Waals surface area contributed by atoms with Crippen LogP contribution >= 0.6 is 11.6 Å². The molecule has 0 aliphatic rings. The summed E-state index contributed by atoms with van der Waals surface area (Å²) in [5.41, 5.74) is 1.70. The van der Waals surface area contributed by atoms with Gasteiger partial charge in [-0.25, -0.2) is 9.78 Å². The summed E-state index contributed by atoms with van der Waals surface area (Å²) in [5.74, 6) is -1.05. The highest BCUT2D eigenvalue weighted by Gasteiger charge is 2.14. The monoisotopic (exact) mass is 385 g/mol. The molecule has 1 N–H and O–H groups in total. The summed E-state index contributed by atoms with van der Waals surface area (Å²) >= 11 is 5.96. The summed E-state index contributed by atoms with van der Waals surface area (Å²) in [6.07, 6.45) is 1.35. The lowest BCUT2D eigenvalue weighted by Gasteiger charge is -2.10. The van der Waals surface area contributed by atoms with Crippen LogP contribution in [0.4, 0.5) is 5.69 Å². The molecule has 0 unspecified atom stereocenters. The van der Waals surface area contributed by atoms with Crippen molar-refractivity contribution in [3.63, 3.8) is 0 Å². The molecule has 0 bridgehead atoms. The van der Waals surface area contributed by atoms with E-state index in [2.05, 4.69) is 15.0 Å². The van der Waals surface area contributed by atoms with Gasteiger partial charge >= 0.3 is 5.97 Å². The van der Waals surface area contributed by atoms with Crippen LogP contribution in [0.25, 0.3) is 10.9 Å². The van der Waals surface area contributed by atoms with E-state index in [0.717, 1.165) is 5.56 Å². The molecule has 0 atom stereocenters. The number of anilines is 1.